The first kappa shape index (κ1) is 45.8. The van der Waals surface area contributed by atoms with Gasteiger partial charge in [-0.1, -0.05) is 82.9 Å². The van der Waals surface area contributed by atoms with Crippen LogP contribution in [0.1, 0.15) is 115 Å². The molecule has 15 heteroatoms. The molecule has 0 saturated carbocycles. The van der Waals surface area contributed by atoms with Crippen LogP contribution in [0.5, 0.6) is 5.75 Å². The quantitative estimate of drug-likeness (QED) is 0.0530. The number of carbonyl (C=O) groups is 3. The molecule has 5 N–H and O–H groups in total. The van der Waals surface area contributed by atoms with E-state index in [0.29, 0.717) is 35.4 Å². The van der Waals surface area contributed by atoms with Gasteiger partial charge in [-0.05, 0) is 80.8 Å². The number of thiazole rings is 1. The highest BCUT2D eigenvalue weighted by Gasteiger charge is 2.46. The van der Waals surface area contributed by atoms with Crippen LogP contribution in [0.15, 0.2) is 60.1 Å². The van der Waals surface area contributed by atoms with Crippen molar-refractivity contribution < 1.29 is 24.6 Å². The highest BCUT2D eigenvalue weighted by Crippen LogP contribution is 2.35. The number of hydrogen-bond donors (Lipinski definition) is 4. The van der Waals surface area contributed by atoms with Crippen LogP contribution in [-0.2, 0) is 14.4 Å². The summed E-state index contributed by atoms with van der Waals surface area (Å²) in [5.74, 6) is -1.19. The minimum absolute atomic E-state index is 0.0288. The molecule has 2 aliphatic heterocycles. The number of nitrogens with two attached hydrogens (primary N) is 1. The predicted octanol–water partition coefficient (Wildman–Crippen LogP) is 7.65. The maximum absolute atomic E-state index is 14.2. The van der Waals surface area contributed by atoms with Gasteiger partial charge in [-0.3, -0.25) is 19.1 Å². The van der Waals surface area contributed by atoms with Crippen LogP contribution in [0.4, 0.5) is 5.82 Å². The van der Waals surface area contributed by atoms with Crippen molar-refractivity contribution in [2.24, 2.45) is 11.3 Å². The normalized spacial score (nSPS) is 18.5. The molecule has 0 unspecified atom stereocenters. The van der Waals surface area contributed by atoms with Gasteiger partial charge >= 0.3 is 0 Å². The van der Waals surface area contributed by atoms with Gasteiger partial charge in [0.2, 0.25) is 11.8 Å². The minimum atomic E-state index is -0.901. The average molecular weight is 878 g/mol. The minimum Gasteiger partial charge on any atom is -0.507 e. The number of aliphatic hydroxyl groups is 1. The number of phenols is 1. The number of hydrogen-bond acceptors (Lipinski definition) is 12. The number of nitrogens with zero attached hydrogens (tertiary/aromatic N) is 7. The number of amides is 2. The van der Waals surface area contributed by atoms with E-state index in [9.17, 15) is 24.6 Å². The standard InChI is InChI=1S/C48H63N9O5S/c1-30(32-17-19-33(20-18-32)44-31(2)50-29-63-44)51-46(61)39-26-35(58)28-56(39)47(62)42(48(3,4)5)41(60)16-10-8-6-7-9-13-23-55-24-21-34(22-25-55)57-38-27-37(36-14-11-12-15-40(36)59)52-53-43(38)45(49)54-57/h11-12,14-15,17-20,27,29-30,34-35,39,42,58-59H,6-10,13,16,21-26,28H2,1-5H3,(H2,49,54)(H,51,61)/t30-,35+,39-,42-/m0/s1. The summed E-state index contributed by atoms with van der Waals surface area (Å²) >= 11 is 1.59. The number of rotatable bonds is 17. The van der Waals surface area contributed by atoms with Crippen LogP contribution in [0.25, 0.3) is 32.7 Å². The third-order valence-corrected chi connectivity index (χ3v) is 13.8. The lowest BCUT2D eigenvalue weighted by atomic mass is 9.76. The summed E-state index contributed by atoms with van der Waals surface area (Å²) in [5, 5.41) is 37.4. The molecule has 2 amide bonds. The van der Waals surface area contributed by atoms with Crippen LogP contribution in [0.3, 0.4) is 0 Å². The van der Waals surface area contributed by atoms with E-state index in [1.807, 2.05) is 87.3 Å². The number of unbranched alkanes of at least 4 members (excludes halogenated alkanes) is 5. The molecule has 4 atom stereocenters. The molecule has 2 aliphatic rings. The zero-order valence-corrected chi connectivity index (χ0v) is 38.1. The summed E-state index contributed by atoms with van der Waals surface area (Å²) in [6.45, 7) is 12.6. The van der Waals surface area contributed by atoms with E-state index in [2.05, 4.69) is 30.5 Å². The van der Waals surface area contributed by atoms with Gasteiger partial charge in [-0.15, -0.1) is 21.5 Å². The molecular weight excluding hydrogens is 815 g/mol. The number of aryl methyl sites for hydroxylation is 1. The highest BCUT2D eigenvalue weighted by atomic mass is 32.1. The van der Waals surface area contributed by atoms with Crippen molar-refractivity contribution >= 4 is 45.8 Å². The number of β-amino-alcohol motifs (C(OH)–C–C–N with tert-alkyl or cyclic N) is 1. The molecule has 63 heavy (non-hydrogen) atoms. The Hall–Kier alpha value is -5.25. The molecule has 336 valence electrons. The van der Waals surface area contributed by atoms with Crippen molar-refractivity contribution in [3.05, 3.63) is 71.4 Å². The molecule has 0 bridgehead atoms. The Balaban J connectivity index is 0.825. The number of aliphatic hydroxyl groups excluding tert-OH is 1. The number of aromatic nitrogens is 5. The van der Waals surface area contributed by atoms with Gasteiger partial charge in [0.05, 0.1) is 45.5 Å². The van der Waals surface area contributed by atoms with Crippen molar-refractivity contribution in [2.75, 3.05) is 31.9 Å². The lowest BCUT2D eigenvalue weighted by molar-refractivity contribution is -0.149. The number of nitrogens with one attached hydrogen (secondary N) is 1. The van der Waals surface area contributed by atoms with Crippen molar-refractivity contribution in [3.63, 3.8) is 0 Å². The second-order valence-corrected chi connectivity index (χ2v) is 19.4. The number of benzene rings is 2. The molecule has 0 spiro atoms. The second kappa shape index (κ2) is 20.1. The molecular formula is C48H63N9O5S. The molecule has 2 aromatic carbocycles. The Bertz CT molecular complexity index is 2370. The van der Waals surface area contributed by atoms with Gasteiger partial charge in [0, 0.05) is 38.0 Å². The van der Waals surface area contributed by atoms with E-state index in [0.717, 1.165) is 91.8 Å². The first-order valence-corrected chi connectivity index (χ1v) is 23.4. The smallest absolute Gasteiger partial charge is 0.243 e. The Morgan fingerprint density at radius 2 is 1.67 bits per heavy atom. The van der Waals surface area contributed by atoms with Gasteiger partial charge in [0.15, 0.2) is 11.3 Å². The monoisotopic (exact) mass is 877 g/mol. The number of likely N-dealkylation sites (tertiary alicyclic amines) is 2. The lowest BCUT2D eigenvalue weighted by Crippen LogP contribution is -2.51. The number of fused-ring (bicyclic) bond motifs is 1. The fourth-order valence-corrected chi connectivity index (χ4v) is 10.1. The first-order valence-electron chi connectivity index (χ1n) is 22.5. The number of aromatic hydroxyl groups is 1. The van der Waals surface area contributed by atoms with Crippen LogP contribution < -0.4 is 11.1 Å². The Labute approximate surface area is 374 Å². The number of ketones is 1. The molecule has 5 heterocycles. The predicted molar refractivity (Wildman–Crippen MR) is 247 cm³/mol. The summed E-state index contributed by atoms with van der Waals surface area (Å²) in [6, 6.07) is 16.1. The Morgan fingerprint density at radius 1 is 0.968 bits per heavy atom. The van der Waals surface area contributed by atoms with E-state index in [4.69, 9.17) is 5.73 Å². The van der Waals surface area contributed by atoms with Gasteiger partial charge in [-0.25, -0.2) is 4.98 Å². The zero-order valence-electron chi connectivity index (χ0n) is 37.3. The van der Waals surface area contributed by atoms with E-state index in [-0.39, 0.29) is 48.4 Å². The molecule has 14 nitrogen and oxygen atoms in total. The number of anilines is 1. The summed E-state index contributed by atoms with van der Waals surface area (Å²) in [5.41, 5.74) is 13.0. The molecule has 0 radical (unpaired) electrons. The van der Waals surface area contributed by atoms with E-state index in [1.54, 1.807) is 23.5 Å². The van der Waals surface area contributed by atoms with E-state index in [1.165, 1.54) is 4.90 Å². The first-order chi connectivity index (χ1) is 30.2. The molecule has 7 rings (SSSR count). The van der Waals surface area contributed by atoms with Crippen molar-refractivity contribution in [2.45, 2.75) is 123 Å². The maximum atomic E-state index is 14.2. The molecule has 3 aromatic heterocycles. The summed E-state index contributed by atoms with van der Waals surface area (Å²) < 4.78 is 1.99. The summed E-state index contributed by atoms with van der Waals surface area (Å²) in [4.78, 5) is 51.0. The molecule has 2 fully saturated rings. The molecule has 5 aromatic rings. The number of phenolic OH excluding ortho intramolecular Hbond substituents is 1. The molecule has 0 aliphatic carbocycles. The SMILES string of the molecule is Cc1ncsc1-c1ccc([C@H](C)NC(=O)[C@@H]2C[C@@H](O)CN2C(=O)[C@H](C(=O)CCCCCCCCN2CCC(n3nc(N)c4nnc(-c5ccccc5O)cc43)CC2)C(C)(C)C)cc1. The van der Waals surface area contributed by atoms with Crippen LogP contribution in [-0.4, -0.2) is 101 Å². The highest BCUT2D eigenvalue weighted by molar-refractivity contribution is 7.13. The van der Waals surface area contributed by atoms with E-state index < -0.39 is 23.5 Å². The number of carbonyl (C=O) groups excluding carboxylic acids is 3. The Kier molecular flexibility index (Phi) is 14.6. The van der Waals surface area contributed by atoms with Gasteiger partial charge in [0.25, 0.3) is 0 Å². The van der Waals surface area contributed by atoms with Gasteiger partial charge < -0.3 is 31.1 Å². The second-order valence-electron chi connectivity index (χ2n) is 18.5. The lowest BCUT2D eigenvalue weighted by Gasteiger charge is -2.34. The largest absolute Gasteiger partial charge is 0.507 e. The van der Waals surface area contributed by atoms with Crippen molar-refractivity contribution in [1.29, 1.82) is 0 Å². The molecule has 2 saturated heterocycles. The van der Waals surface area contributed by atoms with Gasteiger partial charge in [0.1, 0.15) is 23.5 Å². The average Bonchev–Trinajstić information content (AvgIpc) is 3.97. The van der Waals surface area contributed by atoms with Crippen LogP contribution in [0.2, 0.25) is 0 Å². The number of piperidine rings is 1. The van der Waals surface area contributed by atoms with Crippen molar-refractivity contribution in [1.82, 2.24) is 40.1 Å². The van der Waals surface area contributed by atoms with E-state index >= 15 is 0 Å². The zero-order chi connectivity index (χ0) is 44.8. The number of Topliss-reactive ketones (excluding diaryl/α,β-unsaturated/α-hetero) is 1. The number of para-hydroxylation sites is 1. The third-order valence-electron chi connectivity index (χ3n) is 12.8. The number of nitrogen functional groups attached to an aromatic ring is 1. The fraction of sp³-hybridized carbons (Fsp3) is 0.521. The topological polar surface area (TPSA) is 193 Å². The fourth-order valence-electron chi connectivity index (χ4n) is 9.29. The van der Waals surface area contributed by atoms with Crippen LogP contribution in [0, 0.1) is 18.3 Å². The third kappa shape index (κ3) is 10.8. The summed E-state index contributed by atoms with van der Waals surface area (Å²) in [7, 11) is 0. The summed E-state index contributed by atoms with van der Waals surface area (Å²) in [6.07, 6.45) is 7.46. The Morgan fingerprint density at radius 3 is 2.35 bits per heavy atom. The van der Waals surface area contributed by atoms with Crippen molar-refractivity contribution in [3.8, 4) is 27.4 Å². The maximum Gasteiger partial charge on any atom is 0.243 e. The van der Waals surface area contributed by atoms with Crippen LogP contribution >= 0.6 is 11.3 Å². The van der Waals surface area contributed by atoms with Gasteiger partial charge in [-0.2, -0.15) is 5.10 Å².